The van der Waals surface area contributed by atoms with E-state index >= 15 is 0 Å². The summed E-state index contributed by atoms with van der Waals surface area (Å²) < 4.78 is 14.2. The van der Waals surface area contributed by atoms with Crippen molar-refractivity contribution in [2.24, 2.45) is 5.41 Å². The molecule has 0 unspecified atom stereocenters. The third-order valence-electron chi connectivity index (χ3n) is 2.09. The van der Waals surface area contributed by atoms with Gasteiger partial charge in [0.25, 0.3) is 0 Å². The van der Waals surface area contributed by atoms with Crippen molar-refractivity contribution in [3.63, 3.8) is 0 Å². The molecule has 0 saturated carbocycles. The Morgan fingerprint density at radius 3 is 2.65 bits per heavy atom. The molecule has 0 saturated heterocycles. The summed E-state index contributed by atoms with van der Waals surface area (Å²) in [5.74, 6) is -0.245. The number of anilines is 1. The lowest BCUT2D eigenvalue weighted by Crippen LogP contribution is -2.20. The van der Waals surface area contributed by atoms with E-state index in [4.69, 9.17) is 5.26 Å². The van der Waals surface area contributed by atoms with Crippen molar-refractivity contribution in [3.8, 4) is 6.07 Å². The van der Waals surface area contributed by atoms with Gasteiger partial charge in [-0.25, -0.2) is 9.37 Å². The molecular weight excluding hydrogens is 332 g/mol. The Morgan fingerprint density at radius 1 is 1.53 bits per heavy atom. The van der Waals surface area contributed by atoms with Gasteiger partial charge in [0.1, 0.15) is 6.07 Å². The topological polar surface area (TPSA) is 48.7 Å². The van der Waals surface area contributed by atoms with Gasteiger partial charge in [0, 0.05) is 11.0 Å². The van der Waals surface area contributed by atoms with E-state index < -0.39 is 5.82 Å². The number of nitrogens with one attached hydrogen (secondary N) is 1. The molecule has 1 heterocycles. The van der Waals surface area contributed by atoms with Crippen LogP contribution in [-0.2, 0) is 4.43 Å². The minimum atomic E-state index is -0.473. The van der Waals surface area contributed by atoms with Crippen molar-refractivity contribution >= 4 is 28.4 Å². The summed E-state index contributed by atoms with van der Waals surface area (Å²) in [6.07, 6.45) is 0. The van der Waals surface area contributed by atoms with Gasteiger partial charge in [-0.1, -0.05) is 43.4 Å². The molecule has 0 aliphatic rings. The highest BCUT2D eigenvalue weighted by Gasteiger charge is 2.14. The zero-order chi connectivity index (χ0) is 13.1. The fourth-order valence-electron chi connectivity index (χ4n) is 1.20. The molecule has 0 aromatic carbocycles. The standard InChI is InChI=1S/C12H15FIN3/c1-12(2,3)7-16-11-9(13)4-8(6-15)10(5-14)17-11/h4H,5,7H2,1-3H3,(H,16,17). The van der Waals surface area contributed by atoms with Crippen molar-refractivity contribution in [2.75, 3.05) is 11.9 Å². The van der Waals surface area contributed by atoms with Crippen molar-refractivity contribution in [3.05, 3.63) is 23.1 Å². The minimum Gasteiger partial charge on any atom is -0.367 e. The van der Waals surface area contributed by atoms with Crippen LogP contribution in [0, 0.1) is 22.6 Å². The Hall–Kier alpha value is -0.900. The highest BCUT2D eigenvalue weighted by molar-refractivity contribution is 14.1. The van der Waals surface area contributed by atoms with Crippen molar-refractivity contribution < 1.29 is 4.39 Å². The van der Waals surface area contributed by atoms with Gasteiger partial charge in [-0.2, -0.15) is 5.26 Å². The molecule has 1 aromatic rings. The van der Waals surface area contributed by atoms with Crippen LogP contribution in [0.25, 0.3) is 0 Å². The molecule has 0 radical (unpaired) electrons. The SMILES string of the molecule is CC(C)(C)CNc1nc(CI)c(C#N)cc1F. The van der Waals surface area contributed by atoms with Gasteiger partial charge in [0.05, 0.1) is 11.3 Å². The molecule has 1 aromatic heterocycles. The maximum absolute atomic E-state index is 13.7. The lowest BCUT2D eigenvalue weighted by atomic mass is 9.97. The van der Waals surface area contributed by atoms with Gasteiger partial charge >= 0.3 is 0 Å². The smallest absolute Gasteiger partial charge is 0.166 e. The average molecular weight is 347 g/mol. The third kappa shape index (κ3) is 4.11. The predicted molar refractivity (Wildman–Crippen MR) is 74.6 cm³/mol. The summed E-state index contributed by atoms with van der Waals surface area (Å²) >= 11 is 2.11. The highest BCUT2D eigenvalue weighted by atomic mass is 127. The molecule has 3 nitrogen and oxygen atoms in total. The first kappa shape index (κ1) is 14.2. The largest absolute Gasteiger partial charge is 0.367 e. The first-order chi connectivity index (χ1) is 7.87. The fourth-order valence-corrected chi connectivity index (χ4v) is 1.78. The van der Waals surface area contributed by atoms with E-state index in [1.54, 1.807) is 0 Å². The second-order valence-corrected chi connectivity index (χ2v) is 5.74. The lowest BCUT2D eigenvalue weighted by Gasteiger charge is -2.19. The Kier molecular flexibility index (Phi) is 4.69. The Bertz CT molecular complexity index is 446. The number of hydrogen-bond acceptors (Lipinski definition) is 3. The maximum atomic E-state index is 13.7. The van der Waals surface area contributed by atoms with Crippen LogP contribution >= 0.6 is 22.6 Å². The molecule has 1 N–H and O–H groups in total. The molecule has 0 bridgehead atoms. The molecule has 17 heavy (non-hydrogen) atoms. The molecule has 0 aliphatic carbocycles. The van der Waals surface area contributed by atoms with Gasteiger partial charge in [0.2, 0.25) is 0 Å². The molecule has 0 aliphatic heterocycles. The van der Waals surface area contributed by atoms with Crippen LogP contribution in [0.1, 0.15) is 32.0 Å². The van der Waals surface area contributed by atoms with Gasteiger partial charge in [-0.15, -0.1) is 0 Å². The molecular formula is C12H15FIN3. The first-order valence-corrected chi connectivity index (χ1v) is 6.79. The number of hydrogen-bond donors (Lipinski definition) is 1. The van der Waals surface area contributed by atoms with Gasteiger partial charge in [-0.3, -0.25) is 0 Å². The van der Waals surface area contributed by atoms with E-state index in [2.05, 4.69) is 53.7 Å². The average Bonchev–Trinajstić information content (AvgIpc) is 2.25. The molecule has 0 amide bonds. The Balaban J connectivity index is 2.98. The van der Waals surface area contributed by atoms with E-state index in [0.717, 1.165) is 0 Å². The number of nitrogens with zero attached hydrogens (tertiary/aromatic N) is 2. The summed E-state index contributed by atoms with van der Waals surface area (Å²) in [5, 5.41) is 11.8. The van der Waals surface area contributed by atoms with Crippen molar-refractivity contribution in [1.29, 1.82) is 5.26 Å². The lowest BCUT2D eigenvalue weighted by molar-refractivity contribution is 0.441. The van der Waals surface area contributed by atoms with Gasteiger partial charge < -0.3 is 5.32 Å². The van der Waals surface area contributed by atoms with E-state index in [-0.39, 0.29) is 11.2 Å². The van der Waals surface area contributed by atoms with E-state index in [0.29, 0.717) is 22.2 Å². The van der Waals surface area contributed by atoms with Crippen LogP contribution in [0.2, 0.25) is 0 Å². The zero-order valence-corrected chi connectivity index (χ0v) is 12.3. The van der Waals surface area contributed by atoms with Crippen LogP contribution in [0.3, 0.4) is 0 Å². The van der Waals surface area contributed by atoms with Crippen molar-refractivity contribution in [1.82, 2.24) is 4.98 Å². The zero-order valence-electron chi connectivity index (χ0n) is 10.1. The van der Waals surface area contributed by atoms with Gasteiger partial charge in [0.15, 0.2) is 11.6 Å². The summed E-state index contributed by atoms with van der Waals surface area (Å²) in [5.41, 5.74) is 0.969. The first-order valence-electron chi connectivity index (χ1n) is 5.27. The predicted octanol–water partition coefficient (Wildman–Crippen LogP) is 3.49. The van der Waals surface area contributed by atoms with Crippen LogP contribution in [0.15, 0.2) is 6.07 Å². The van der Waals surface area contributed by atoms with Crippen LogP contribution in [0.4, 0.5) is 10.2 Å². The molecule has 0 fully saturated rings. The third-order valence-corrected chi connectivity index (χ3v) is 2.81. The van der Waals surface area contributed by atoms with E-state index in [1.165, 1.54) is 6.07 Å². The summed E-state index contributed by atoms with van der Waals surface area (Å²) in [6.45, 7) is 6.80. The maximum Gasteiger partial charge on any atom is 0.166 e. The Morgan fingerprint density at radius 2 is 2.18 bits per heavy atom. The minimum absolute atomic E-state index is 0.0481. The number of halogens is 2. The number of alkyl halides is 1. The van der Waals surface area contributed by atoms with Gasteiger partial charge in [-0.05, 0) is 11.5 Å². The molecule has 5 heteroatoms. The second-order valence-electron chi connectivity index (χ2n) is 4.97. The number of nitriles is 1. The number of aromatic nitrogens is 1. The monoisotopic (exact) mass is 347 g/mol. The van der Waals surface area contributed by atoms with E-state index in [9.17, 15) is 4.39 Å². The highest BCUT2D eigenvalue weighted by Crippen LogP contribution is 2.20. The quantitative estimate of drug-likeness (QED) is 0.673. The number of pyridine rings is 1. The molecule has 0 atom stereocenters. The summed E-state index contributed by atoms with van der Waals surface area (Å²) in [6, 6.07) is 3.19. The second kappa shape index (κ2) is 5.63. The van der Waals surface area contributed by atoms with Crippen molar-refractivity contribution in [2.45, 2.75) is 25.2 Å². The van der Waals surface area contributed by atoms with Crippen LogP contribution in [-0.4, -0.2) is 11.5 Å². The summed E-state index contributed by atoms with van der Waals surface area (Å²) in [4.78, 5) is 4.15. The van der Waals surface area contributed by atoms with E-state index in [1.807, 2.05) is 6.07 Å². The van der Waals surface area contributed by atoms with Crippen LogP contribution < -0.4 is 5.32 Å². The normalized spacial score (nSPS) is 11.1. The molecule has 92 valence electrons. The Labute approximate surface area is 115 Å². The fraction of sp³-hybridized carbons (Fsp3) is 0.500. The summed E-state index contributed by atoms with van der Waals surface area (Å²) in [7, 11) is 0. The number of rotatable bonds is 3. The molecule has 0 spiro atoms. The van der Waals surface area contributed by atoms with Crippen LogP contribution in [0.5, 0.6) is 0 Å². The molecule has 1 rings (SSSR count).